The average molecular weight is 336 g/mol. The van der Waals surface area contributed by atoms with Crippen molar-refractivity contribution in [2.75, 3.05) is 11.0 Å². The van der Waals surface area contributed by atoms with Gasteiger partial charge in [0.15, 0.2) is 6.29 Å². The standard InChI is InChI=1S/C10H19F2IO2/c1-5-14-8(2)15-9(3,4)10(11,12)6-7-13/h8H,5-7H2,1-4H3. The Balaban J connectivity index is 4.38. The molecule has 0 rings (SSSR count). The molecule has 0 spiro atoms. The summed E-state index contributed by atoms with van der Waals surface area (Å²) in [5.74, 6) is -2.83. The van der Waals surface area contributed by atoms with E-state index in [0.29, 0.717) is 11.0 Å². The molecule has 92 valence electrons. The summed E-state index contributed by atoms with van der Waals surface area (Å²) in [6, 6.07) is 0. The van der Waals surface area contributed by atoms with E-state index in [1.807, 2.05) is 22.6 Å². The van der Waals surface area contributed by atoms with E-state index in [2.05, 4.69) is 0 Å². The Morgan fingerprint density at radius 3 is 2.27 bits per heavy atom. The van der Waals surface area contributed by atoms with Gasteiger partial charge in [0, 0.05) is 17.5 Å². The van der Waals surface area contributed by atoms with Gasteiger partial charge in [0.25, 0.3) is 5.92 Å². The Labute approximate surface area is 104 Å². The van der Waals surface area contributed by atoms with Gasteiger partial charge in [0.05, 0.1) is 0 Å². The minimum atomic E-state index is -2.83. The summed E-state index contributed by atoms with van der Waals surface area (Å²) >= 11 is 1.94. The third kappa shape index (κ3) is 4.91. The fraction of sp³-hybridized carbons (Fsp3) is 1.00. The Morgan fingerprint density at radius 1 is 1.33 bits per heavy atom. The molecular formula is C10H19F2IO2. The van der Waals surface area contributed by atoms with Crippen molar-refractivity contribution in [2.45, 2.75) is 51.9 Å². The Bertz CT molecular complexity index is 186. The molecule has 0 radical (unpaired) electrons. The minimum absolute atomic E-state index is 0.181. The van der Waals surface area contributed by atoms with Crippen LogP contribution in [0, 0.1) is 0 Å². The third-order valence-electron chi connectivity index (χ3n) is 2.15. The molecule has 0 fully saturated rings. The second kappa shape index (κ2) is 6.30. The van der Waals surface area contributed by atoms with E-state index in [0.717, 1.165) is 0 Å². The summed E-state index contributed by atoms with van der Waals surface area (Å²) in [6.45, 7) is 6.68. The van der Waals surface area contributed by atoms with Crippen LogP contribution in [0.3, 0.4) is 0 Å². The molecule has 0 aliphatic heterocycles. The quantitative estimate of drug-likeness (QED) is 0.402. The Hall–Kier alpha value is 0.510. The minimum Gasteiger partial charge on any atom is -0.353 e. The Morgan fingerprint density at radius 2 is 1.87 bits per heavy atom. The van der Waals surface area contributed by atoms with Gasteiger partial charge < -0.3 is 9.47 Å². The SMILES string of the molecule is CCOC(C)OC(C)(C)C(F)(F)CCI. The summed E-state index contributed by atoms with van der Waals surface area (Å²) in [7, 11) is 0. The predicted molar refractivity (Wildman–Crippen MR) is 64.7 cm³/mol. The van der Waals surface area contributed by atoms with Gasteiger partial charge in [-0.05, 0) is 27.7 Å². The molecule has 1 atom stereocenters. The van der Waals surface area contributed by atoms with Crippen LogP contribution in [0.5, 0.6) is 0 Å². The van der Waals surface area contributed by atoms with Crippen LogP contribution in [0.1, 0.15) is 34.1 Å². The number of hydrogen-bond donors (Lipinski definition) is 0. The van der Waals surface area contributed by atoms with E-state index < -0.39 is 17.8 Å². The van der Waals surface area contributed by atoms with E-state index in [1.165, 1.54) is 13.8 Å². The second-order valence-corrected chi connectivity index (χ2v) is 4.87. The topological polar surface area (TPSA) is 18.5 Å². The lowest BCUT2D eigenvalue weighted by molar-refractivity contribution is -0.262. The predicted octanol–water partition coefficient (Wildman–Crippen LogP) is 3.62. The highest BCUT2D eigenvalue weighted by Crippen LogP contribution is 2.36. The molecule has 0 aromatic rings. The monoisotopic (exact) mass is 336 g/mol. The van der Waals surface area contributed by atoms with Crippen LogP contribution in [0.2, 0.25) is 0 Å². The highest BCUT2D eigenvalue weighted by molar-refractivity contribution is 14.1. The van der Waals surface area contributed by atoms with Crippen LogP contribution in [0.15, 0.2) is 0 Å². The van der Waals surface area contributed by atoms with Gasteiger partial charge in [-0.25, -0.2) is 8.78 Å². The normalized spacial score (nSPS) is 15.4. The van der Waals surface area contributed by atoms with Gasteiger partial charge in [0.2, 0.25) is 0 Å². The molecule has 0 aliphatic rings. The maximum atomic E-state index is 13.6. The molecule has 0 amide bonds. The van der Waals surface area contributed by atoms with Crippen molar-refractivity contribution in [3.05, 3.63) is 0 Å². The van der Waals surface area contributed by atoms with Gasteiger partial charge >= 0.3 is 0 Å². The maximum absolute atomic E-state index is 13.6. The van der Waals surface area contributed by atoms with Crippen molar-refractivity contribution in [2.24, 2.45) is 0 Å². The van der Waals surface area contributed by atoms with Gasteiger partial charge in [0.1, 0.15) is 5.60 Å². The highest BCUT2D eigenvalue weighted by atomic mass is 127. The van der Waals surface area contributed by atoms with Crippen LogP contribution < -0.4 is 0 Å². The van der Waals surface area contributed by atoms with Crippen LogP contribution >= 0.6 is 22.6 Å². The molecule has 0 saturated heterocycles. The number of halogens is 3. The van der Waals surface area contributed by atoms with Crippen molar-refractivity contribution in [3.63, 3.8) is 0 Å². The lowest BCUT2D eigenvalue weighted by Gasteiger charge is -2.35. The molecule has 5 heteroatoms. The molecular weight excluding hydrogens is 317 g/mol. The van der Waals surface area contributed by atoms with Crippen molar-refractivity contribution in [3.8, 4) is 0 Å². The fourth-order valence-corrected chi connectivity index (χ4v) is 1.87. The average Bonchev–Trinajstić information content (AvgIpc) is 2.02. The van der Waals surface area contributed by atoms with E-state index in [9.17, 15) is 8.78 Å². The van der Waals surface area contributed by atoms with E-state index >= 15 is 0 Å². The molecule has 0 N–H and O–H groups in total. The van der Waals surface area contributed by atoms with Gasteiger partial charge in [-0.15, -0.1) is 0 Å². The van der Waals surface area contributed by atoms with Crippen LogP contribution in [0.4, 0.5) is 8.78 Å². The van der Waals surface area contributed by atoms with Crippen LogP contribution in [-0.4, -0.2) is 28.8 Å². The van der Waals surface area contributed by atoms with Gasteiger partial charge in [-0.3, -0.25) is 0 Å². The molecule has 0 heterocycles. The lowest BCUT2D eigenvalue weighted by Crippen LogP contribution is -2.47. The fourth-order valence-electron chi connectivity index (χ4n) is 1.19. The van der Waals surface area contributed by atoms with E-state index in [-0.39, 0.29) is 6.42 Å². The first-order valence-corrected chi connectivity index (χ1v) is 6.52. The number of ether oxygens (including phenoxy) is 2. The number of rotatable bonds is 7. The van der Waals surface area contributed by atoms with E-state index in [4.69, 9.17) is 9.47 Å². The zero-order valence-electron chi connectivity index (χ0n) is 9.65. The van der Waals surface area contributed by atoms with Crippen molar-refractivity contribution < 1.29 is 18.3 Å². The molecule has 2 nitrogen and oxygen atoms in total. The summed E-state index contributed by atoms with van der Waals surface area (Å²) in [6.07, 6.45) is -0.788. The first-order valence-electron chi connectivity index (χ1n) is 5.00. The second-order valence-electron chi connectivity index (χ2n) is 3.79. The van der Waals surface area contributed by atoms with Gasteiger partial charge in [-0.1, -0.05) is 22.6 Å². The number of hydrogen-bond acceptors (Lipinski definition) is 2. The first kappa shape index (κ1) is 15.5. The lowest BCUT2D eigenvalue weighted by atomic mass is 9.98. The van der Waals surface area contributed by atoms with Gasteiger partial charge in [-0.2, -0.15) is 0 Å². The van der Waals surface area contributed by atoms with Crippen molar-refractivity contribution in [1.82, 2.24) is 0 Å². The summed E-state index contributed by atoms with van der Waals surface area (Å²) in [4.78, 5) is 0. The molecule has 0 aliphatic carbocycles. The third-order valence-corrected chi connectivity index (χ3v) is 2.69. The molecule has 0 bridgehead atoms. The zero-order chi connectivity index (χ0) is 12.1. The molecule has 0 saturated carbocycles. The molecule has 1 unspecified atom stereocenters. The first-order chi connectivity index (χ1) is 6.77. The Kier molecular flexibility index (Phi) is 6.51. The van der Waals surface area contributed by atoms with Crippen LogP contribution in [0.25, 0.3) is 0 Å². The molecule has 15 heavy (non-hydrogen) atoms. The van der Waals surface area contributed by atoms with E-state index in [1.54, 1.807) is 13.8 Å². The van der Waals surface area contributed by atoms with Crippen LogP contribution in [-0.2, 0) is 9.47 Å². The smallest absolute Gasteiger partial charge is 0.276 e. The zero-order valence-corrected chi connectivity index (χ0v) is 11.8. The molecule has 0 aromatic heterocycles. The summed E-state index contributed by atoms with van der Waals surface area (Å²) in [5, 5.41) is 0. The van der Waals surface area contributed by atoms with Crippen molar-refractivity contribution >= 4 is 22.6 Å². The number of alkyl halides is 3. The van der Waals surface area contributed by atoms with Crippen molar-refractivity contribution in [1.29, 1.82) is 0 Å². The molecule has 0 aromatic carbocycles. The largest absolute Gasteiger partial charge is 0.353 e. The highest BCUT2D eigenvalue weighted by Gasteiger charge is 2.47. The summed E-state index contributed by atoms with van der Waals surface area (Å²) in [5.41, 5.74) is -1.49. The maximum Gasteiger partial charge on any atom is 0.276 e. The summed E-state index contributed by atoms with van der Waals surface area (Å²) < 4.78 is 38.0.